The Kier molecular flexibility index (Phi) is 11.7. The highest BCUT2D eigenvalue weighted by molar-refractivity contribution is 5.79. The summed E-state index contributed by atoms with van der Waals surface area (Å²) < 4.78 is 9.97. The quantitative estimate of drug-likeness (QED) is 0.139. The lowest BCUT2D eigenvalue weighted by atomic mass is 10.2. The Morgan fingerprint density at radius 1 is 0.870 bits per heavy atom. The smallest absolute Gasteiger partial charge is 0.333 e. The van der Waals surface area contributed by atoms with Crippen molar-refractivity contribution in [2.45, 2.75) is 25.0 Å². The summed E-state index contributed by atoms with van der Waals surface area (Å²) in [5, 5.41) is 37.0. The molecule has 0 amide bonds. The highest BCUT2D eigenvalue weighted by Crippen LogP contribution is 2.00. The highest BCUT2D eigenvalue weighted by atomic mass is 17.1. The Balaban J connectivity index is 3.76. The Morgan fingerprint density at radius 2 is 1.39 bits per heavy atom. The molecule has 0 heterocycles. The van der Waals surface area contributed by atoms with E-state index in [1.165, 1.54) is 0 Å². The molecule has 2 atom stereocenters. The van der Waals surface area contributed by atoms with Crippen LogP contribution in [-0.4, -0.2) is 83.6 Å². The molecule has 0 aliphatic rings. The Morgan fingerprint density at radius 3 is 1.83 bits per heavy atom. The number of nitrogens with one attached hydrogen (secondary N) is 1. The van der Waals surface area contributed by atoms with E-state index in [2.05, 4.69) is 10.2 Å². The summed E-state index contributed by atoms with van der Waals surface area (Å²) in [5.41, 5.74) is 0. The minimum atomic E-state index is -1.42. The normalized spacial score (nSPS) is 13.4. The molecule has 0 saturated heterocycles. The summed E-state index contributed by atoms with van der Waals surface area (Å²) in [6, 6.07) is 0. The van der Waals surface area contributed by atoms with E-state index in [4.69, 9.17) is 30.1 Å². The maximum absolute atomic E-state index is 10.8. The highest BCUT2D eigenvalue weighted by Gasteiger charge is 2.21. The second kappa shape index (κ2) is 12.7. The largest absolute Gasteiger partial charge is 0.481 e. The molecule has 0 radical (unpaired) electrons. The van der Waals surface area contributed by atoms with Crippen molar-refractivity contribution in [2.24, 2.45) is 0 Å². The summed E-state index contributed by atoms with van der Waals surface area (Å²) in [6.45, 7) is 0.400. The first-order chi connectivity index (χ1) is 10.9. The number of ether oxygens (including phenoxy) is 2. The number of rotatable bonds is 15. The zero-order valence-corrected chi connectivity index (χ0v) is 12.3. The van der Waals surface area contributed by atoms with Crippen LogP contribution in [0.2, 0.25) is 0 Å². The number of aliphatic carboxylic acids is 3. The molecule has 0 bridgehead atoms. The minimum Gasteiger partial charge on any atom is -0.481 e. The van der Waals surface area contributed by atoms with E-state index >= 15 is 0 Å². The molecular formula is C12H21NO10. The molecular weight excluding hydrogens is 318 g/mol. The maximum Gasteiger partial charge on any atom is 0.333 e. The van der Waals surface area contributed by atoms with Crippen molar-refractivity contribution in [3.63, 3.8) is 0 Å². The van der Waals surface area contributed by atoms with Gasteiger partial charge in [-0.2, -0.15) is 0 Å². The average molecular weight is 339 g/mol. The van der Waals surface area contributed by atoms with E-state index in [1.807, 2.05) is 0 Å². The molecule has 0 rings (SSSR count). The number of carbonyl (C=O) groups is 3. The Bertz CT molecular complexity index is 375. The first-order valence-electron chi connectivity index (χ1n) is 6.76. The third-order valence-electron chi connectivity index (χ3n) is 2.58. The van der Waals surface area contributed by atoms with Crippen molar-refractivity contribution in [1.82, 2.24) is 5.32 Å². The van der Waals surface area contributed by atoms with Crippen molar-refractivity contribution in [2.75, 3.05) is 32.9 Å². The molecule has 5 N–H and O–H groups in total. The Hall–Kier alpha value is -1.79. The van der Waals surface area contributed by atoms with Crippen LogP contribution < -0.4 is 5.32 Å². The lowest BCUT2D eigenvalue weighted by molar-refractivity contribution is -0.246. The van der Waals surface area contributed by atoms with Crippen LogP contribution in [0, 0.1) is 0 Å². The van der Waals surface area contributed by atoms with E-state index in [0.717, 1.165) is 0 Å². The predicted octanol–water partition coefficient (Wildman–Crippen LogP) is -1.13. The van der Waals surface area contributed by atoms with Gasteiger partial charge in [-0.25, -0.2) is 14.5 Å². The number of carboxylic acids is 3. The monoisotopic (exact) mass is 339 g/mol. The van der Waals surface area contributed by atoms with Gasteiger partial charge in [0.05, 0.1) is 26.2 Å². The predicted molar refractivity (Wildman–Crippen MR) is 73.1 cm³/mol. The van der Waals surface area contributed by atoms with Gasteiger partial charge in [0.25, 0.3) is 0 Å². The van der Waals surface area contributed by atoms with Gasteiger partial charge in [-0.3, -0.25) is 10.1 Å². The zero-order chi connectivity index (χ0) is 17.7. The fraction of sp³-hybridized carbons (Fsp3) is 0.750. The number of hydrogen-bond acceptors (Lipinski definition) is 8. The van der Waals surface area contributed by atoms with E-state index < -0.39 is 36.5 Å². The lowest BCUT2D eigenvalue weighted by Gasteiger charge is -2.14. The van der Waals surface area contributed by atoms with Gasteiger partial charge in [-0.15, -0.1) is 0 Å². The van der Waals surface area contributed by atoms with Crippen LogP contribution in [0.1, 0.15) is 12.8 Å². The zero-order valence-electron chi connectivity index (χ0n) is 12.3. The topological polar surface area (TPSA) is 172 Å². The van der Waals surface area contributed by atoms with Crippen LogP contribution >= 0.6 is 0 Å². The van der Waals surface area contributed by atoms with Gasteiger partial charge in [0.2, 0.25) is 0 Å². The summed E-state index contributed by atoms with van der Waals surface area (Å²) >= 11 is 0. The maximum atomic E-state index is 10.8. The molecule has 23 heavy (non-hydrogen) atoms. The van der Waals surface area contributed by atoms with E-state index in [9.17, 15) is 14.4 Å². The standard InChI is InChI=1S/C12H21NO10/c14-10(15)7-9(12(18)19)22-6-3-13-2-5-21-8(11(16)17)1-4-23-20/h8-9,13,20H,1-7H2,(H,14,15)(H,16,17)(H,18,19). The summed E-state index contributed by atoms with van der Waals surface area (Å²) in [6.07, 6.45) is -3.16. The second-order valence-electron chi connectivity index (χ2n) is 4.37. The van der Waals surface area contributed by atoms with Crippen LogP contribution in [0.3, 0.4) is 0 Å². The van der Waals surface area contributed by atoms with E-state index in [1.54, 1.807) is 0 Å². The molecule has 0 aromatic carbocycles. The van der Waals surface area contributed by atoms with Crippen molar-refractivity contribution in [3.8, 4) is 0 Å². The molecule has 11 heteroatoms. The SMILES string of the molecule is O=C(O)CC(OCCNCCOC(CCOO)C(=O)O)C(=O)O. The molecule has 0 aliphatic heterocycles. The van der Waals surface area contributed by atoms with Crippen LogP contribution in [-0.2, 0) is 28.7 Å². The van der Waals surface area contributed by atoms with Crippen LogP contribution in [0.25, 0.3) is 0 Å². The third kappa shape index (κ3) is 11.4. The molecule has 0 fully saturated rings. The van der Waals surface area contributed by atoms with E-state index in [0.29, 0.717) is 0 Å². The molecule has 0 aromatic heterocycles. The van der Waals surface area contributed by atoms with E-state index in [-0.39, 0.29) is 39.3 Å². The molecule has 0 aliphatic carbocycles. The molecule has 0 aromatic rings. The molecule has 0 spiro atoms. The van der Waals surface area contributed by atoms with Crippen molar-refractivity contribution < 1.29 is 49.3 Å². The Labute approximate surface area is 131 Å². The number of carboxylic acid groups (broad SMARTS) is 3. The minimum absolute atomic E-state index is 0.00950. The van der Waals surface area contributed by atoms with Crippen molar-refractivity contribution in [1.29, 1.82) is 0 Å². The molecule has 0 saturated carbocycles. The first kappa shape index (κ1) is 21.2. The van der Waals surface area contributed by atoms with Gasteiger partial charge in [-0.1, -0.05) is 0 Å². The second-order valence-corrected chi connectivity index (χ2v) is 4.37. The average Bonchev–Trinajstić information content (AvgIpc) is 2.47. The van der Waals surface area contributed by atoms with Crippen LogP contribution in [0.15, 0.2) is 0 Å². The fourth-order valence-electron chi connectivity index (χ4n) is 1.49. The van der Waals surface area contributed by atoms with Crippen LogP contribution in [0.5, 0.6) is 0 Å². The summed E-state index contributed by atoms with van der Waals surface area (Å²) in [5.74, 6) is -3.81. The number of hydrogen-bond donors (Lipinski definition) is 5. The first-order valence-corrected chi connectivity index (χ1v) is 6.76. The molecule has 134 valence electrons. The van der Waals surface area contributed by atoms with Gasteiger partial charge in [-0.05, 0) is 0 Å². The third-order valence-corrected chi connectivity index (χ3v) is 2.58. The lowest BCUT2D eigenvalue weighted by Crippen LogP contribution is -2.32. The van der Waals surface area contributed by atoms with Gasteiger partial charge in [0.15, 0.2) is 12.2 Å². The van der Waals surface area contributed by atoms with Crippen molar-refractivity contribution in [3.05, 3.63) is 0 Å². The molecule has 2 unspecified atom stereocenters. The van der Waals surface area contributed by atoms with Gasteiger partial charge in [0.1, 0.15) is 0 Å². The van der Waals surface area contributed by atoms with Crippen molar-refractivity contribution >= 4 is 17.9 Å². The van der Waals surface area contributed by atoms with Gasteiger partial charge in [0, 0.05) is 19.5 Å². The van der Waals surface area contributed by atoms with Crippen LogP contribution in [0.4, 0.5) is 0 Å². The molecule has 11 nitrogen and oxygen atoms in total. The van der Waals surface area contributed by atoms with Gasteiger partial charge < -0.3 is 30.1 Å². The fourth-order valence-corrected chi connectivity index (χ4v) is 1.49. The van der Waals surface area contributed by atoms with Gasteiger partial charge >= 0.3 is 17.9 Å². The summed E-state index contributed by atoms with van der Waals surface area (Å²) in [4.78, 5) is 35.7. The summed E-state index contributed by atoms with van der Waals surface area (Å²) in [7, 11) is 0.